The lowest BCUT2D eigenvalue weighted by Gasteiger charge is -2.11. The summed E-state index contributed by atoms with van der Waals surface area (Å²) in [7, 11) is 1.78. The number of unbranched alkanes of at least 4 members (excludes halogenated alkanes) is 1. The van der Waals surface area contributed by atoms with Crippen LogP contribution in [0, 0.1) is 6.92 Å². The van der Waals surface area contributed by atoms with Gasteiger partial charge in [0.25, 0.3) is 0 Å². The summed E-state index contributed by atoms with van der Waals surface area (Å²) in [4.78, 5) is 18.4. The van der Waals surface area contributed by atoms with Crippen molar-refractivity contribution in [2.75, 3.05) is 13.6 Å². The van der Waals surface area contributed by atoms with Crippen LogP contribution < -0.4 is 16.2 Å². The number of halogens is 1. The number of rotatable bonds is 7. The van der Waals surface area contributed by atoms with Crippen LogP contribution >= 0.6 is 35.3 Å². The number of aromatic nitrogens is 1. The lowest BCUT2D eigenvalue weighted by molar-refractivity contribution is 0.585. The molecule has 0 bridgehead atoms. The minimum Gasteiger partial charge on any atom is -0.356 e. The standard InChI is InChI=1S/C17H24N4OS.HI/c1-14-8-9-15(23-14)13-20-17(18-2)19-10-4-6-12-21-11-5-3-7-16(21)22;/h3,5,7-9,11H,4,6,10,12-13H2,1-2H3,(H2,18,19,20);1H. The summed E-state index contributed by atoms with van der Waals surface area (Å²) >= 11 is 1.79. The van der Waals surface area contributed by atoms with E-state index < -0.39 is 0 Å². The molecule has 0 aliphatic rings. The summed E-state index contributed by atoms with van der Waals surface area (Å²) in [6.07, 6.45) is 3.78. The Labute approximate surface area is 164 Å². The molecule has 2 aromatic heterocycles. The van der Waals surface area contributed by atoms with E-state index in [-0.39, 0.29) is 29.5 Å². The maximum absolute atomic E-state index is 11.6. The Bertz CT molecular complexity index is 696. The van der Waals surface area contributed by atoms with Gasteiger partial charge in [-0.25, -0.2) is 0 Å². The van der Waals surface area contributed by atoms with Crippen molar-refractivity contribution >= 4 is 41.3 Å². The van der Waals surface area contributed by atoms with Crippen LogP contribution in [0.15, 0.2) is 46.3 Å². The highest BCUT2D eigenvalue weighted by atomic mass is 127. The molecule has 0 saturated carbocycles. The van der Waals surface area contributed by atoms with E-state index in [1.54, 1.807) is 35.1 Å². The van der Waals surface area contributed by atoms with Crippen molar-refractivity contribution in [1.29, 1.82) is 0 Å². The van der Waals surface area contributed by atoms with Gasteiger partial charge in [0.15, 0.2) is 5.96 Å². The summed E-state index contributed by atoms with van der Waals surface area (Å²) in [5, 5.41) is 6.61. The number of aryl methyl sites for hydroxylation is 2. The van der Waals surface area contributed by atoms with Crippen molar-refractivity contribution in [3.8, 4) is 0 Å². The summed E-state index contributed by atoms with van der Waals surface area (Å²) in [6.45, 7) is 4.49. The second-order valence-corrected chi connectivity index (χ2v) is 6.68. The Morgan fingerprint density at radius 2 is 2.04 bits per heavy atom. The van der Waals surface area contributed by atoms with Crippen LogP contribution in [-0.4, -0.2) is 24.1 Å². The number of guanidine groups is 1. The Hall–Kier alpha value is -1.35. The van der Waals surface area contributed by atoms with Gasteiger partial charge in [-0.15, -0.1) is 35.3 Å². The molecular formula is C17H25IN4OS. The lowest BCUT2D eigenvalue weighted by Crippen LogP contribution is -2.37. The third-order valence-electron chi connectivity index (χ3n) is 3.47. The molecule has 0 atom stereocenters. The Kier molecular flexibility index (Phi) is 9.70. The normalized spacial score (nSPS) is 11.0. The van der Waals surface area contributed by atoms with Gasteiger partial charge in [-0.1, -0.05) is 6.07 Å². The maximum Gasteiger partial charge on any atom is 0.250 e. The van der Waals surface area contributed by atoms with E-state index in [0.29, 0.717) is 0 Å². The zero-order valence-electron chi connectivity index (χ0n) is 14.1. The van der Waals surface area contributed by atoms with Crippen LogP contribution in [0.5, 0.6) is 0 Å². The predicted octanol–water partition coefficient (Wildman–Crippen LogP) is 2.98. The molecule has 24 heavy (non-hydrogen) atoms. The van der Waals surface area contributed by atoms with E-state index in [0.717, 1.165) is 38.4 Å². The summed E-state index contributed by atoms with van der Waals surface area (Å²) < 4.78 is 1.74. The highest BCUT2D eigenvalue weighted by Crippen LogP contribution is 2.14. The number of aliphatic imine (C=N–C) groups is 1. The van der Waals surface area contributed by atoms with Crippen molar-refractivity contribution in [2.24, 2.45) is 4.99 Å². The molecule has 2 N–H and O–H groups in total. The second-order valence-electron chi connectivity index (χ2n) is 5.30. The van der Waals surface area contributed by atoms with E-state index in [2.05, 4.69) is 34.7 Å². The van der Waals surface area contributed by atoms with E-state index in [9.17, 15) is 4.79 Å². The predicted molar refractivity (Wildman–Crippen MR) is 113 cm³/mol. The molecular weight excluding hydrogens is 435 g/mol. The molecule has 2 heterocycles. The van der Waals surface area contributed by atoms with E-state index in [4.69, 9.17) is 0 Å². The molecule has 2 aromatic rings. The fraction of sp³-hybridized carbons (Fsp3) is 0.412. The average Bonchev–Trinajstić information content (AvgIpc) is 2.97. The first-order valence-corrected chi connectivity index (χ1v) is 8.66. The molecule has 2 rings (SSSR count). The molecule has 0 radical (unpaired) electrons. The van der Waals surface area contributed by atoms with Gasteiger partial charge in [-0.3, -0.25) is 9.79 Å². The first-order valence-electron chi connectivity index (χ1n) is 7.84. The Morgan fingerprint density at radius 1 is 1.21 bits per heavy atom. The molecule has 132 valence electrons. The fourth-order valence-electron chi connectivity index (χ4n) is 2.23. The first-order chi connectivity index (χ1) is 11.2. The number of hydrogen-bond acceptors (Lipinski definition) is 3. The minimum absolute atomic E-state index is 0. The van der Waals surface area contributed by atoms with Crippen LogP contribution in [0.4, 0.5) is 0 Å². The van der Waals surface area contributed by atoms with Crippen LogP contribution in [0.25, 0.3) is 0 Å². The van der Waals surface area contributed by atoms with Gasteiger partial charge in [0, 0.05) is 42.2 Å². The fourth-order valence-corrected chi connectivity index (χ4v) is 3.06. The highest BCUT2D eigenvalue weighted by Gasteiger charge is 2.00. The molecule has 0 spiro atoms. The Balaban J connectivity index is 0.00000288. The van der Waals surface area contributed by atoms with E-state index in [1.807, 2.05) is 12.3 Å². The van der Waals surface area contributed by atoms with Gasteiger partial charge >= 0.3 is 0 Å². The van der Waals surface area contributed by atoms with Gasteiger partial charge in [-0.05, 0) is 38.0 Å². The lowest BCUT2D eigenvalue weighted by atomic mass is 10.3. The smallest absolute Gasteiger partial charge is 0.250 e. The number of pyridine rings is 1. The van der Waals surface area contributed by atoms with Gasteiger partial charge in [-0.2, -0.15) is 0 Å². The van der Waals surface area contributed by atoms with Gasteiger partial charge in [0.05, 0.1) is 6.54 Å². The first kappa shape index (κ1) is 20.7. The summed E-state index contributed by atoms with van der Waals surface area (Å²) in [5.41, 5.74) is 0.0594. The van der Waals surface area contributed by atoms with Crippen LogP contribution in [0.1, 0.15) is 22.6 Å². The van der Waals surface area contributed by atoms with Crippen molar-refractivity contribution in [1.82, 2.24) is 15.2 Å². The third-order valence-corrected chi connectivity index (χ3v) is 4.47. The monoisotopic (exact) mass is 460 g/mol. The van der Waals surface area contributed by atoms with Crippen molar-refractivity contribution in [3.63, 3.8) is 0 Å². The minimum atomic E-state index is 0. The topological polar surface area (TPSA) is 58.4 Å². The molecule has 5 nitrogen and oxygen atoms in total. The maximum atomic E-state index is 11.6. The van der Waals surface area contributed by atoms with E-state index in [1.165, 1.54) is 9.75 Å². The van der Waals surface area contributed by atoms with Crippen LogP contribution in [0.3, 0.4) is 0 Å². The second kappa shape index (κ2) is 11.2. The third kappa shape index (κ3) is 7.04. The van der Waals surface area contributed by atoms with Gasteiger partial charge in [0.1, 0.15) is 0 Å². The number of nitrogens with one attached hydrogen (secondary N) is 2. The zero-order chi connectivity index (χ0) is 16.5. The van der Waals surface area contributed by atoms with Gasteiger partial charge in [0.2, 0.25) is 5.56 Å². The molecule has 0 aliphatic carbocycles. The molecule has 7 heteroatoms. The van der Waals surface area contributed by atoms with Crippen molar-refractivity contribution < 1.29 is 0 Å². The van der Waals surface area contributed by atoms with Crippen molar-refractivity contribution in [2.45, 2.75) is 32.9 Å². The molecule has 0 fully saturated rings. The highest BCUT2D eigenvalue weighted by molar-refractivity contribution is 14.0. The molecule has 0 saturated heterocycles. The van der Waals surface area contributed by atoms with Crippen molar-refractivity contribution in [3.05, 3.63) is 56.6 Å². The Morgan fingerprint density at radius 3 is 2.71 bits per heavy atom. The van der Waals surface area contributed by atoms with Crippen LogP contribution in [-0.2, 0) is 13.1 Å². The quantitative estimate of drug-likeness (QED) is 0.289. The van der Waals surface area contributed by atoms with E-state index >= 15 is 0 Å². The SMILES string of the molecule is CN=C(NCCCCn1ccccc1=O)NCc1ccc(C)s1.I. The molecule has 0 aromatic carbocycles. The molecule has 0 aliphatic heterocycles. The zero-order valence-corrected chi connectivity index (χ0v) is 17.3. The average molecular weight is 460 g/mol. The number of hydrogen-bond donors (Lipinski definition) is 2. The number of nitrogens with zero attached hydrogens (tertiary/aromatic N) is 2. The summed E-state index contributed by atoms with van der Waals surface area (Å²) in [5.74, 6) is 0.813. The van der Waals surface area contributed by atoms with Crippen LogP contribution in [0.2, 0.25) is 0 Å². The largest absolute Gasteiger partial charge is 0.356 e. The summed E-state index contributed by atoms with van der Waals surface area (Å²) in [6, 6.07) is 9.51. The molecule has 0 unspecified atom stereocenters. The van der Waals surface area contributed by atoms with Gasteiger partial charge < -0.3 is 15.2 Å². The number of thiophene rings is 1. The molecule has 0 amide bonds.